The van der Waals surface area contributed by atoms with Gasteiger partial charge in [0.15, 0.2) is 0 Å². The number of carbonyl (C=O) groups is 2. The Kier molecular flexibility index (Phi) is 4.13. The Morgan fingerprint density at radius 1 is 1.29 bits per heavy atom. The third-order valence-corrected chi connectivity index (χ3v) is 4.87. The molecular formula is C18H19ClN2O3. The molecule has 1 saturated carbocycles. The number of carboxylic acids is 1. The van der Waals surface area contributed by atoms with Crippen LogP contribution >= 0.6 is 11.6 Å². The van der Waals surface area contributed by atoms with E-state index in [2.05, 4.69) is 5.32 Å². The van der Waals surface area contributed by atoms with Crippen LogP contribution in [-0.4, -0.2) is 28.1 Å². The molecule has 1 aliphatic rings. The standard InChI is InChI=1S/C18H19ClN2O3/c1-11-8-15(16(22)20-10-18(6-7-18)17(23)24)12(2)21(11)14-5-3-4-13(19)9-14/h3-5,8-9H,6-7,10H2,1-2H3,(H,20,22)(H,23,24). The van der Waals surface area contributed by atoms with Crippen LogP contribution in [0, 0.1) is 19.3 Å². The molecule has 0 spiro atoms. The van der Waals surface area contributed by atoms with Gasteiger partial charge in [-0.05, 0) is 51.0 Å². The highest BCUT2D eigenvalue weighted by Crippen LogP contribution is 2.45. The Morgan fingerprint density at radius 2 is 2.00 bits per heavy atom. The second-order valence-corrected chi connectivity index (χ2v) is 6.80. The second kappa shape index (κ2) is 5.98. The summed E-state index contributed by atoms with van der Waals surface area (Å²) in [6, 6.07) is 9.24. The van der Waals surface area contributed by atoms with Crippen molar-refractivity contribution in [3.8, 4) is 5.69 Å². The first-order valence-corrected chi connectivity index (χ1v) is 8.18. The minimum Gasteiger partial charge on any atom is -0.481 e. The SMILES string of the molecule is Cc1cc(C(=O)NCC2(C(=O)O)CC2)c(C)n1-c1cccc(Cl)c1. The van der Waals surface area contributed by atoms with Crippen LogP contribution in [-0.2, 0) is 4.79 Å². The van der Waals surface area contributed by atoms with Crippen molar-refractivity contribution in [3.63, 3.8) is 0 Å². The van der Waals surface area contributed by atoms with Gasteiger partial charge in [-0.15, -0.1) is 0 Å². The fourth-order valence-corrected chi connectivity index (χ4v) is 3.15. The first kappa shape index (κ1) is 16.6. The fraction of sp³-hybridized carbons (Fsp3) is 0.333. The van der Waals surface area contributed by atoms with Gasteiger partial charge in [-0.3, -0.25) is 9.59 Å². The van der Waals surface area contributed by atoms with Crippen LogP contribution in [0.1, 0.15) is 34.6 Å². The Labute approximate surface area is 145 Å². The lowest BCUT2D eigenvalue weighted by molar-refractivity contribution is -0.143. The third-order valence-electron chi connectivity index (χ3n) is 4.64. The van der Waals surface area contributed by atoms with E-state index in [9.17, 15) is 14.7 Å². The van der Waals surface area contributed by atoms with Gasteiger partial charge in [0.25, 0.3) is 5.91 Å². The number of benzene rings is 1. The molecule has 2 aromatic rings. The van der Waals surface area contributed by atoms with Gasteiger partial charge in [0.2, 0.25) is 0 Å². The minimum atomic E-state index is -0.841. The molecule has 6 heteroatoms. The Morgan fingerprint density at radius 3 is 2.58 bits per heavy atom. The molecule has 1 fully saturated rings. The van der Waals surface area contributed by atoms with E-state index in [1.807, 2.05) is 42.7 Å². The van der Waals surface area contributed by atoms with Crippen LogP contribution in [0.2, 0.25) is 5.02 Å². The highest BCUT2D eigenvalue weighted by Gasteiger charge is 2.50. The maximum absolute atomic E-state index is 12.5. The normalized spacial score (nSPS) is 15.1. The van der Waals surface area contributed by atoms with Crippen molar-refractivity contribution in [2.75, 3.05) is 6.54 Å². The smallest absolute Gasteiger partial charge is 0.311 e. The molecule has 2 N–H and O–H groups in total. The van der Waals surface area contributed by atoms with Crippen molar-refractivity contribution in [1.82, 2.24) is 9.88 Å². The number of halogens is 1. The minimum absolute atomic E-state index is 0.169. The van der Waals surface area contributed by atoms with Crippen molar-refractivity contribution < 1.29 is 14.7 Å². The topological polar surface area (TPSA) is 71.3 Å². The second-order valence-electron chi connectivity index (χ2n) is 6.37. The maximum atomic E-state index is 12.5. The summed E-state index contributed by atoms with van der Waals surface area (Å²) in [4.78, 5) is 23.7. The molecular weight excluding hydrogens is 328 g/mol. The van der Waals surface area contributed by atoms with Crippen LogP contribution in [0.4, 0.5) is 0 Å². The summed E-state index contributed by atoms with van der Waals surface area (Å²) in [5.74, 6) is -1.09. The molecule has 0 unspecified atom stereocenters. The van der Waals surface area contributed by atoms with E-state index >= 15 is 0 Å². The molecule has 1 amide bonds. The Bertz CT molecular complexity index is 822. The number of rotatable bonds is 5. The lowest BCUT2D eigenvalue weighted by Gasteiger charge is -2.12. The van der Waals surface area contributed by atoms with Crippen LogP contribution in [0.15, 0.2) is 30.3 Å². The number of nitrogens with one attached hydrogen (secondary N) is 1. The molecule has 0 aliphatic heterocycles. The van der Waals surface area contributed by atoms with Crippen LogP contribution in [0.25, 0.3) is 5.69 Å². The third kappa shape index (κ3) is 2.91. The van der Waals surface area contributed by atoms with E-state index in [1.54, 1.807) is 6.07 Å². The zero-order chi connectivity index (χ0) is 17.5. The molecule has 126 valence electrons. The molecule has 0 bridgehead atoms. The number of amides is 1. The molecule has 3 rings (SSSR count). The molecule has 1 aromatic carbocycles. The van der Waals surface area contributed by atoms with E-state index in [0.29, 0.717) is 23.4 Å². The molecule has 24 heavy (non-hydrogen) atoms. The first-order chi connectivity index (χ1) is 11.3. The highest BCUT2D eigenvalue weighted by atomic mass is 35.5. The summed E-state index contributed by atoms with van der Waals surface area (Å²) in [6.07, 6.45) is 1.23. The molecule has 0 saturated heterocycles. The number of carbonyl (C=O) groups excluding carboxylic acids is 1. The number of aryl methyl sites for hydroxylation is 1. The average Bonchev–Trinajstić information content (AvgIpc) is 3.26. The molecule has 5 nitrogen and oxygen atoms in total. The van der Waals surface area contributed by atoms with Gasteiger partial charge in [-0.25, -0.2) is 0 Å². The van der Waals surface area contributed by atoms with Gasteiger partial charge in [0, 0.05) is 28.6 Å². The average molecular weight is 347 g/mol. The summed E-state index contributed by atoms with van der Waals surface area (Å²) in [5, 5.41) is 12.6. The van der Waals surface area contributed by atoms with Crippen molar-refractivity contribution in [3.05, 3.63) is 52.3 Å². The van der Waals surface area contributed by atoms with E-state index in [-0.39, 0.29) is 12.5 Å². The van der Waals surface area contributed by atoms with Gasteiger partial charge < -0.3 is 15.0 Å². The maximum Gasteiger partial charge on any atom is 0.311 e. The summed E-state index contributed by atoms with van der Waals surface area (Å²) in [5.41, 5.74) is 2.38. The van der Waals surface area contributed by atoms with Gasteiger partial charge in [0.1, 0.15) is 0 Å². The Balaban J connectivity index is 1.83. The molecule has 0 radical (unpaired) electrons. The van der Waals surface area contributed by atoms with Crippen molar-refractivity contribution in [1.29, 1.82) is 0 Å². The molecule has 1 aliphatic carbocycles. The lowest BCUT2D eigenvalue weighted by atomic mass is 10.1. The Hall–Kier alpha value is -2.27. The molecule has 1 heterocycles. The van der Waals surface area contributed by atoms with Gasteiger partial charge >= 0.3 is 5.97 Å². The van der Waals surface area contributed by atoms with E-state index in [0.717, 1.165) is 17.1 Å². The zero-order valence-electron chi connectivity index (χ0n) is 13.6. The van der Waals surface area contributed by atoms with Gasteiger partial charge in [-0.1, -0.05) is 17.7 Å². The zero-order valence-corrected chi connectivity index (χ0v) is 14.4. The van der Waals surface area contributed by atoms with E-state index in [1.165, 1.54) is 0 Å². The number of carboxylic acid groups (broad SMARTS) is 1. The van der Waals surface area contributed by atoms with Crippen molar-refractivity contribution in [2.24, 2.45) is 5.41 Å². The fourth-order valence-electron chi connectivity index (χ4n) is 2.97. The number of hydrogen-bond donors (Lipinski definition) is 2. The van der Waals surface area contributed by atoms with E-state index in [4.69, 9.17) is 11.6 Å². The van der Waals surface area contributed by atoms with Crippen molar-refractivity contribution >= 4 is 23.5 Å². The number of aliphatic carboxylic acids is 1. The lowest BCUT2D eigenvalue weighted by Crippen LogP contribution is -2.34. The van der Waals surface area contributed by atoms with Crippen molar-refractivity contribution in [2.45, 2.75) is 26.7 Å². The summed E-state index contributed by atoms with van der Waals surface area (Å²) in [7, 11) is 0. The monoisotopic (exact) mass is 346 g/mol. The molecule has 0 atom stereocenters. The first-order valence-electron chi connectivity index (χ1n) is 7.80. The summed E-state index contributed by atoms with van der Waals surface area (Å²) in [6.45, 7) is 3.96. The van der Waals surface area contributed by atoms with Crippen LogP contribution in [0.5, 0.6) is 0 Å². The highest BCUT2D eigenvalue weighted by molar-refractivity contribution is 6.30. The number of aromatic nitrogens is 1. The van der Waals surface area contributed by atoms with E-state index < -0.39 is 11.4 Å². The largest absolute Gasteiger partial charge is 0.481 e. The van der Waals surface area contributed by atoms with Gasteiger partial charge in [0.05, 0.1) is 11.0 Å². The van der Waals surface area contributed by atoms with Crippen LogP contribution in [0.3, 0.4) is 0 Å². The van der Waals surface area contributed by atoms with Crippen LogP contribution < -0.4 is 5.32 Å². The predicted octanol–water partition coefficient (Wildman–Crippen LogP) is 3.34. The summed E-state index contributed by atoms with van der Waals surface area (Å²) < 4.78 is 1.96. The number of nitrogens with zero attached hydrogens (tertiary/aromatic N) is 1. The molecule has 1 aromatic heterocycles. The number of hydrogen-bond acceptors (Lipinski definition) is 2. The van der Waals surface area contributed by atoms with Gasteiger partial charge in [-0.2, -0.15) is 0 Å². The summed E-state index contributed by atoms with van der Waals surface area (Å²) >= 11 is 6.06. The quantitative estimate of drug-likeness (QED) is 0.872. The predicted molar refractivity (Wildman–Crippen MR) is 91.9 cm³/mol.